The maximum atomic E-state index is 11.1. The van der Waals surface area contributed by atoms with Gasteiger partial charge in [0.25, 0.3) is 0 Å². The minimum Gasteiger partial charge on any atom is -0.497 e. The van der Waals surface area contributed by atoms with Gasteiger partial charge in [-0.2, -0.15) is 0 Å². The van der Waals surface area contributed by atoms with Gasteiger partial charge in [0.15, 0.2) is 0 Å². The zero-order valence-electron chi connectivity index (χ0n) is 17.8. The molecule has 0 heterocycles. The van der Waals surface area contributed by atoms with E-state index in [4.69, 9.17) is 4.74 Å². The maximum Gasteiger partial charge on any atom is 0.120 e. The first-order valence-electron chi connectivity index (χ1n) is 10.8. The smallest absolute Gasteiger partial charge is 0.120 e. The number of hydrogen-bond donors (Lipinski definition) is 1. The number of methoxy groups -OCH3 is 1. The number of aryl methyl sites for hydroxylation is 1. The highest BCUT2D eigenvalue weighted by Gasteiger charge is 2.38. The fourth-order valence-corrected chi connectivity index (χ4v) is 4.37. The minimum absolute atomic E-state index is 0.127. The quantitative estimate of drug-likeness (QED) is 0.368. The molecule has 0 bridgehead atoms. The van der Waals surface area contributed by atoms with Crippen molar-refractivity contribution in [1.29, 1.82) is 0 Å². The molecular formula is C25H37NO2. The van der Waals surface area contributed by atoms with E-state index in [1.807, 2.05) is 6.07 Å². The molecular weight excluding hydrogens is 346 g/mol. The normalized spacial score (nSPS) is 21.2. The number of ether oxygens (including phenoxy) is 1. The molecule has 1 N–H and O–H groups in total. The molecule has 0 amide bonds. The summed E-state index contributed by atoms with van der Waals surface area (Å²) < 4.78 is 5.28. The van der Waals surface area contributed by atoms with Crippen LogP contribution in [-0.4, -0.2) is 26.5 Å². The molecule has 1 aliphatic carbocycles. The molecule has 28 heavy (non-hydrogen) atoms. The Bertz CT molecular complexity index is 650. The van der Waals surface area contributed by atoms with Crippen molar-refractivity contribution in [3.05, 3.63) is 54.1 Å². The van der Waals surface area contributed by atoms with Crippen LogP contribution in [0, 0.1) is 17.3 Å². The largest absolute Gasteiger partial charge is 0.497 e. The Morgan fingerprint density at radius 3 is 2.75 bits per heavy atom. The average Bonchev–Trinajstić information content (AvgIpc) is 2.71. The molecule has 0 aromatic heterocycles. The van der Waals surface area contributed by atoms with Crippen molar-refractivity contribution in [1.82, 2.24) is 5.32 Å². The van der Waals surface area contributed by atoms with Crippen LogP contribution in [0.2, 0.25) is 0 Å². The number of benzene rings is 1. The van der Waals surface area contributed by atoms with Crippen LogP contribution in [0.3, 0.4) is 0 Å². The van der Waals surface area contributed by atoms with Crippen LogP contribution >= 0.6 is 0 Å². The fourth-order valence-electron chi connectivity index (χ4n) is 4.37. The molecule has 0 fully saturated rings. The Morgan fingerprint density at radius 1 is 1.18 bits per heavy atom. The second-order valence-electron chi connectivity index (χ2n) is 8.18. The Labute approximate surface area is 171 Å². The lowest BCUT2D eigenvalue weighted by Crippen LogP contribution is -2.35. The Morgan fingerprint density at radius 2 is 2.00 bits per heavy atom. The average molecular weight is 384 g/mol. The van der Waals surface area contributed by atoms with Gasteiger partial charge in [-0.3, -0.25) is 0 Å². The number of hydrogen-bond acceptors (Lipinski definition) is 3. The molecule has 0 radical (unpaired) electrons. The van der Waals surface area contributed by atoms with Crippen LogP contribution in [0.15, 0.2) is 48.6 Å². The van der Waals surface area contributed by atoms with Gasteiger partial charge in [-0.1, -0.05) is 56.7 Å². The molecule has 0 saturated heterocycles. The molecule has 1 aromatic carbocycles. The molecule has 154 valence electrons. The lowest BCUT2D eigenvalue weighted by Gasteiger charge is -2.42. The van der Waals surface area contributed by atoms with Gasteiger partial charge in [-0.15, -0.1) is 0 Å². The van der Waals surface area contributed by atoms with E-state index in [1.165, 1.54) is 18.4 Å². The van der Waals surface area contributed by atoms with Gasteiger partial charge in [-0.05, 0) is 73.7 Å². The van der Waals surface area contributed by atoms with Gasteiger partial charge in [0.2, 0.25) is 0 Å². The van der Waals surface area contributed by atoms with Crippen molar-refractivity contribution in [2.45, 2.75) is 52.4 Å². The first kappa shape index (κ1) is 22.4. The zero-order valence-corrected chi connectivity index (χ0v) is 17.8. The topological polar surface area (TPSA) is 38.3 Å². The van der Waals surface area contributed by atoms with E-state index in [-0.39, 0.29) is 5.41 Å². The first-order chi connectivity index (χ1) is 13.6. The zero-order chi connectivity index (χ0) is 20.2. The van der Waals surface area contributed by atoms with Crippen LogP contribution in [0.1, 0.15) is 51.5 Å². The van der Waals surface area contributed by atoms with E-state index < -0.39 is 0 Å². The SMILES string of the molecule is COc1cccc(CCCNCCCCC2(C(C)C)C=CC=CC2CC=O)c1. The van der Waals surface area contributed by atoms with E-state index >= 15 is 0 Å². The lowest BCUT2D eigenvalue weighted by molar-refractivity contribution is -0.109. The van der Waals surface area contributed by atoms with E-state index in [1.54, 1.807) is 7.11 Å². The number of carbonyl (C=O) groups excluding carboxylic acids is 1. The summed E-state index contributed by atoms with van der Waals surface area (Å²) in [5.41, 5.74) is 1.46. The van der Waals surface area contributed by atoms with Gasteiger partial charge >= 0.3 is 0 Å². The molecule has 3 nitrogen and oxygen atoms in total. The number of aldehydes is 1. The summed E-state index contributed by atoms with van der Waals surface area (Å²) in [6.07, 6.45) is 16.3. The van der Waals surface area contributed by atoms with Gasteiger partial charge in [0, 0.05) is 6.42 Å². The summed E-state index contributed by atoms with van der Waals surface area (Å²) in [7, 11) is 1.71. The Kier molecular flexibility index (Phi) is 9.49. The molecule has 0 aliphatic heterocycles. The van der Waals surface area contributed by atoms with Gasteiger partial charge < -0.3 is 14.8 Å². The predicted octanol–water partition coefficient (Wildman–Crippen LogP) is 5.36. The number of carbonyl (C=O) groups is 1. The summed E-state index contributed by atoms with van der Waals surface area (Å²) in [5, 5.41) is 3.58. The first-order valence-corrected chi connectivity index (χ1v) is 10.8. The number of rotatable bonds is 13. The second-order valence-corrected chi connectivity index (χ2v) is 8.18. The van der Waals surface area contributed by atoms with E-state index in [2.05, 4.69) is 61.7 Å². The Hall–Kier alpha value is -1.87. The van der Waals surface area contributed by atoms with Crippen LogP contribution < -0.4 is 10.1 Å². The molecule has 2 atom stereocenters. The molecule has 3 heteroatoms. The summed E-state index contributed by atoms with van der Waals surface area (Å²) >= 11 is 0. The summed E-state index contributed by atoms with van der Waals surface area (Å²) in [6.45, 7) is 6.68. The van der Waals surface area contributed by atoms with E-state index in [0.717, 1.165) is 44.4 Å². The molecule has 0 saturated carbocycles. The van der Waals surface area contributed by atoms with Crippen LogP contribution in [-0.2, 0) is 11.2 Å². The molecule has 2 rings (SSSR count). The summed E-state index contributed by atoms with van der Waals surface area (Å²) in [5.74, 6) is 1.81. The highest BCUT2D eigenvalue weighted by molar-refractivity contribution is 5.51. The van der Waals surface area contributed by atoms with E-state index in [9.17, 15) is 4.79 Å². The lowest BCUT2D eigenvalue weighted by atomic mass is 9.62. The molecule has 0 spiro atoms. The highest BCUT2D eigenvalue weighted by atomic mass is 16.5. The van der Waals surface area contributed by atoms with E-state index in [0.29, 0.717) is 18.3 Å². The number of allylic oxidation sites excluding steroid dienone is 4. The van der Waals surface area contributed by atoms with Crippen LogP contribution in [0.5, 0.6) is 5.75 Å². The summed E-state index contributed by atoms with van der Waals surface area (Å²) in [4.78, 5) is 11.1. The second kappa shape index (κ2) is 11.9. The summed E-state index contributed by atoms with van der Waals surface area (Å²) in [6, 6.07) is 8.32. The monoisotopic (exact) mass is 383 g/mol. The van der Waals surface area contributed by atoms with Crippen molar-refractivity contribution in [2.24, 2.45) is 17.3 Å². The van der Waals surface area contributed by atoms with Crippen LogP contribution in [0.4, 0.5) is 0 Å². The van der Waals surface area contributed by atoms with Gasteiger partial charge in [-0.25, -0.2) is 0 Å². The third-order valence-corrected chi connectivity index (χ3v) is 6.14. The standard InChI is InChI=1S/C25H37NO2/c1-21(2)25(15-5-4-12-23(25)14-19-27)16-6-7-17-26-18-9-11-22-10-8-13-24(20-22)28-3/h4-5,8,10,12-13,15,19-21,23,26H,6-7,9,11,14,16-18H2,1-3H3. The van der Waals surface area contributed by atoms with Crippen molar-refractivity contribution in [3.63, 3.8) is 0 Å². The van der Waals surface area contributed by atoms with Crippen LogP contribution in [0.25, 0.3) is 0 Å². The molecule has 1 aromatic rings. The van der Waals surface area contributed by atoms with Gasteiger partial charge in [0.1, 0.15) is 12.0 Å². The third-order valence-electron chi connectivity index (χ3n) is 6.14. The molecule has 1 aliphatic rings. The number of unbranched alkanes of at least 4 members (excludes halogenated alkanes) is 1. The molecule has 2 unspecified atom stereocenters. The maximum absolute atomic E-state index is 11.1. The van der Waals surface area contributed by atoms with Gasteiger partial charge in [0.05, 0.1) is 7.11 Å². The third kappa shape index (κ3) is 6.34. The van der Waals surface area contributed by atoms with Crippen molar-refractivity contribution < 1.29 is 9.53 Å². The van der Waals surface area contributed by atoms with Crippen molar-refractivity contribution >= 4 is 6.29 Å². The van der Waals surface area contributed by atoms with Crippen molar-refractivity contribution in [3.8, 4) is 5.75 Å². The fraction of sp³-hybridized carbons (Fsp3) is 0.560. The minimum atomic E-state index is 0.127. The Balaban J connectivity index is 1.66. The number of nitrogens with one attached hydrogen (secondary N) is 1. The highest BCUT2D eigenvalue weighted by Crippen LogP contribution is 2.46. The van der Waals surface area contributed by atoms with Crippen molar-refractivity contribution in [2.75, 3.05) is 20.2 Å². The predicted molar refractivity (Wildman–Crippen MR) is 118 cm³/mol.